The summed E-state index contributed by atoms with van der Waals surface area (Å²) >= 11 is 3.41. The van der Waals surface area contributed by atoms with Gasteiger partial charge in [0.15, 0.2) is 0 Å². The fraction of sp³-hybridized carbons (Fsp3) is 0.429. The Morgan fingerprint density at radius 1 is 1.35 bits per heavy atom. The highest BCUT2D eigenvalue weighted by Crippen LogP contribution is 2.27. The smallest absolute Gasteiger partial charge is 0.319 e. The summed E-state index contributed by atoms with van der Waals surface area (Å²) in [5.41, 5.74) is 2.73. The molecule has 0 aromatic heterocycles. The van der Waals surface area contributed by atoms with Crippen molar-refractivity contribution in [1.82, 2.24) is 5.32 Å². The summed E-state index contributed by atoms with van der Waals surface area (Å²) in [6, 6.07) is 3.11. The summed E-state index contributed by atoms with van der Waals surface area (Å²) in [5.74, 6) is -0.926. The van der Waals surface area contributed by atoms with Crippen LogP contribution in [0, 0.1) is 13.8 Å². The molecule has 110 valence electrons. The Labute approximate surface area is 126 Å². The number of nitrogens with one attached hydrogen (secondary N) is 2. The quantitative estimate of drug-likeness (QED) is 0.766. The van der Waals surface area contributed by atoms with Crippen molar-refractivity contribution in [3.05, 3.63) is 27.7 Å². The predicted octanol–water partition coefficient (Wildman–Crippen LogP) is 3.44. The predicted molar refractivity (Wildman–Crippen MR) is 82.1 cm³/mol. The minimum atomic E-state index is -0.926. The number of rotatable bonds is 5. The van der Waals surface area contributed by atoms with E-state index in [0.717, 1.165) is 15.6 Å². The first-order valence-corrected chi connectivity index (χ1v) is 7.18. The maximum absolute atomic E-state index is 11.9. The molecule has 1 unspecified atom stereocenters. The van der Waals surface area contributed by atoms with Crippen LogP contribution in [0.15, 0.2) is 16.6 Å². The number of carbonyl (C=O) groups is 2. The van der Waals surface area contributed by atoms with Gasteiger partial charge in [0, 0.05) is 10.5 Å². The van der Waals surface area contributed by atoms with Gasteiger partial charge in [0.25, 0.3) is 0 Å². The van der Waals surface area contributed by atoms with Gasteiger partial charge < -0.3 is 15.7 Å². The minimum absolute atomic E-state index is 0.0853. The van der Waals surface area contributed by atoms with Gasteiger partial charge in [-0.3, -0.25) is 4.79 Å². The Morgan fingerprint density at radius 2 is 2.00 bits per heavy atom. The number of halogens is 1. The molecule has 0 heterocycles. The average Bonchev–Trinajstić information content (AvgIpc) is 2.32. The van der Waals surface area contributed by atoms with Crippen LogP contribution >= 0.6 is 15.9 Å². The largest absolute Gasteiger partial charge is 0.481 e. The van der Waals surface area contributed by atoms with Crippen LogP contribution in [0.3, 0.4) is 0 Å². The van der Waals surface area contributed by atoms with Gasteiger partial charge in [0.2, 0.25) is 0 Å². The fourth-order valence-electron chi connectivity index (χ4n) is 1.92. The first kappa shape index (κ1) is 16.5. The number of hydrogen-bond acceptors (Lipinski definition) is 2. The second-order valence-electron chi connectivity index (χ2n) is 4.74. The van der Waals surface area contributed by atoms with Gasteiger partial charge in [0.1, 0.15) is 0 Å². The molecule has 2 amide bonds. The summed E-state index contributed by atoms with van der Waals surface area (Å²) in [6.45, 7) is 5.71. The van der Waals surface area contributed by atoms with Crippen molar-refractivity contribution in [3.8, 4) is 0 Å². The number of carboxylic acid groups (broad SMARTS) is 1. The Balaban J connectivity index is 2.73. The third-order valence-corrected chi connectivity index (χ3v) is 3.54. The number of carbonyl (C=O) groups excluding carboxylic acids is 1. The third-order valence-electron chi connectivity index (χ3n) is 2.92. The zero-order valence-corrected chi connectivity index (χ0v) is 13.4. The van der Waals surface area contributed by atoms with Crippen LogP contribution in [-0.2, 0) is 4.79 Å². The molecule has 0 aliphatic heterocycles. The van der Waals surface area contributed by atoms with E-state index in [0.29, 0.717) is 12.1 Å². The van der Waals surface area contributed by atoms with Gasteiger partial charge in [-0.25, -0.2) is 4.79 Å². The zero-order valence-electron chi connectivity index (χ0n) is 11.8. The highest BCUT2D eigenvalue weighted by Gasteiger charge is 2.15. The second kappa shape index (κ2) is 7.28. The first-order chi connectivity index (χ1) is 9.33. The highest BCUT2D eigenvalue weighted by atomic mass is 79.9. The van der Waals surface area contributed by atoms with E-state index in [4.69, 9.17) is 5.11 Å². The number of urea groups is 1. The first-order valence-electron chi connectivity index (χ1n) is 6.39. The molecule has 0 fully saturated rings. The van der Waals surface area contributed by atoms with Gasteiger partial charge in [-0.15, -0.1) is 0 Å². The van der Waals surface area contributed by atoms with Crippen LogP contribution in [0.1, 0.15) is 30.9 Å². The molecule has 1 aromatic carbocycles. The van der Waals surface area contributed by atoms with Gasteiger partial charge in [-0.1, -0.05) is 13.0 Å². The van der Waals surface area contributed by atoms with Crippen molar-refractivity contribution in [2.75, 3.05) is 5.32 Å². The molecule has 5 nitrogen and oxygen atoms in total. The van der Waals surface area contributed by atoms with Crippen LogP contribution in [0.5, 0.6) is 0 Å². The lowest BCUT2D eigenvalue weighted by molar-refractivity contribution is -0.137. The highest BCUT2D eigenvalue weighted by molar-refractivity contribution is 9.10. The molecule has 0 saturated carbocycles. The number of amides is 2. The molecule has 0 aliphatic carbocycles. The van der Waals surface area contributed by atoms with Gasteiger partial charge in [-0.2, -0.15) is 0 Å². The van der Waals surface area contributed by atoms with Crippen molar-refractivity contribution in [3.63, 3.8) is 0 Å². The summed E-state index contributed by atoms with van der Waals surface area (Å²) < 4.78 is 0.802. The monoisotopic (exact) mass is 342 g/mol. The molecule has 1 aromatic rings. The van der Waals surface area contributed by atoms with Crippen LogP contribution in [0.4, 0.5) is 10.5 Å². The van der Waals surface area contributed by atoms with E-state index in [1.54, 1.807) is 0 Å². The van der Waals surface area contributed by atoms with Crippen LogP contribution in [0.25, 0.3) is 0 Å². The SMILES string of the molecule is CCC(CC(=O)O)NC(=O)Nc1c(C)cc(C)cc1Br. The Kier molecular flexibility index (Phi) is 6.01. The van der Waals surface area contributed by atoms with Crippen LogP contribution < -0.4 is 10.6 Å². The standard InChI is InChI=1S/C14H19BrN2O3/c1-4-10(7-12(18)19)16-14(20)17-13-9(3)5-8(2)6-11(13)15/h5-6,10H,4,7H2,1-3H3,(H,18,19)(H2,16,17,20). The van der Waals surface area contributed by atoms with Crippen LogP contribution in [0.2, 0.25) is 0 Å². The van der Waals surface area contributed by atoms with Crippen molar-refractivity contribution >= 4 is 33.6 Å². The van der Waals surface area contributed by atoms with E-state index in [2.05, 4.69) is 26.6 Å². The van der Waals surface area contributed by atoms with Gasteiger partial charge in [0.05, 0.1) is 12.1 Å². The van der Waals surface area contributed by atoms with Gasteiger partial charge in [-0.05, 0) is 53.4 Å². The maximum atomic E-state index is 11.9. The molecular formula is C14H19BrN2O3. The van der Waals surface area contributed by atoms with Crippen molar-refractivity contribution in [1.29, 1.82) is 0 Å². The lowest BCUT2D eigenvalue weighted by Gasteiger charge is -2.17. The molecule has 1 rings (SSSR count). The molecule has 0 saturated heterocycles. The number of carboxylic acids is 1. The molecule has 0 aliphatic rings. The van der Waals surface area contributed by atoms with Gasteiger partial charge >= 0.3 is 12.0 Å². The van der Waals surface area contributed by atoms with Crippen LogP contribution in [-0.4, -0.2) is 23.1 Å². The number of hydrogen-bond donors (Lipinski definition) is 3. The minimum Gasteiger partial charge on any atom is -0.481 e. The summed E-state index contributed by atoms with van der Waals surface area (Å²) in [4.78, 5) is 22.6. The molecule has 3 N–H and O–H groups in total. The van der Waals surface area contributed by atoms with E-state index in [9.17, 15) is 9.59 Å². The topological polar surface area (TPSA) is 78.4 Å². The molecule has 6 heteroatoms. The molecule has 20 heavy (non-hydrogen) atoms. The second-order valence-corrected chi connectivity index (χ2v) is 5.59. The van der Waals surface area contributed by atoms with Crippen molar-refractivity contribution in [2.24, 2.45) is 0 Å². The normalized spacial score (nSPS) is 11.8. The average molecular weight is 343 g/mol. The number of aryl methyl sites for hydroxylation is 2. The van der Waals surface area contributed by atoms with E-state index in [1.165, 1.54) is 0 Å². The molecule has 0 spiro atoms. The Hall–Kier alpha value is -1.56. The van der Waals surface area contributed by atoms with Crippen molar-refractivity contribution < 1.29 is 14.7 Å². The fourth-order valence-corrected chi connectivity index (χ4v) is 2.69. The Bertz CT molecular complexity index is 494. The number of benzene rings is 1. The number of anilines is 1. The lowest BCUT2D eigenvalue weighted by atomic mass is 10.1. The van der Waals surface area contributed by atoms with Crippen molar-refractivity contribution in [2.45, 2.75) is 39.7 Å². The maximum Gasteiger partial charge on any atom is 0.319 e. The number of aliphatic carboxylic acids is 1. The summed E-state index contributed by atoms with van der Waals surface area (Å²) in [6.07, 6.45) is 0.478. The molecule has 0 bridgehead atoms. The molecule has 0 radical (unpaired) electrons. The Morgan fingerprint density at radius 3 is 2.50 bits per heavy atom. The van der Waals surface area contributed by atoms with E-state index in [-0.39, 0.29) is 12.5 Å². The van der Waals surface area contributed by atoms with E-state index >= 15 is 0 Å². The van der Waals surface area contributed by atoms with E-state index in [1.807, 2.05) is 32.9 Å². The zero-order chi connectivity index (χ0) is 15.3. The summed E-state index contributed by atoms with van der Waals surface area (Å²) in [5, 5.41) is 14.2. The molecule has 1 atom stereocenters. The third kappa shape index (κ3) is 4.85. The lowest BCUT2D eigenvalue weighted by Crippen LogP contribution is -2.39. The summed E-state index contributed by atoms with van der Waals surface area (Å²) in [7, 11) is 0. The molecular weight excluding hydrogens is 324 g/mol. The van der Waals surface area contributed by atoms with E-state index < -0.39 is 12.0 Å².